The molecule has 0 aromatic rings. The summed E-state index contributed by atoms with van der Waals surface area (Å²) in [7, 11) is -4.53. The van der Waals surface area contributed by atoms with E-state index in [9.17, 15) is 9.46 Å². The molecular weight excluding hydrogens is 401 g/mol. The summed E-state index contributed by atoms with van der Waals surface area (Å²) < 4.78 is 46.2. The van der Waals surface area contributed by atoms with Crippen LogP contribution in [0.1, 0.15) is 48.0 Å². The number of hydrogen-bond donors (Lipinski definition) is 2. The first-order valence-electron chi connectivity index (χ1n) is 10.1. The van der Waals surface area contributed by atoms with Crippen LogP contribution in [0.2, 0.25) is 0 Å². The molecular formula is C19H36NO8P. The van der Waals surface area contributed by atoms with E-state index in [2.05, 4.69) is 6.58 Å². The highest BCUT2D eigenvalue weighted by atomic mass is 31.2. The van der Waals surface area contributed by atoms with Crippen molar-refractivity contribution in [1.29, 1.82) is 0 Å². The van der Waals surface area contributed by atoms with E-state index in [1.54, 1.807) is 6.92 Å². The molecule has 170 valence electrons. The second-order valence-corrected chi connectivity index (χ2v) is 9.59. The lowest BCUT2D eigenvalue weighted by atomic mass is 10.1. The Morgan fingerprint density at radius 2 is 1.90 bits per heavy atom. The molecule has 0 saturated carbocycles. The van der Waals surface area contributed by atoms with E-state index in [0.717, 1.165) is 0 Å². The van der Waals surface area contributed by atoms with E-state index in [4.69, 9.17) is 33.7 Å². The van der Waals surface area contributed by atoms with Gasteiger partial charge in [0.1, 0.15) is 24.1 Å². The van der Waals surface area contributed by atoms with Crippen LogP contribution in [-0.2, 0) is 32.6 Å². The van der Waals surface area contributed by atoms with E-state index in [0.29, 0.717) is 6.42 Å². The van der Waals surface area contributed by atoms with Crippen molar-refractivity contribution >= 4 is 7.82 Å². The summed E-state index contributed by atoms with van der Waals surface area (Å²) in [6.07, 6.45) is -2.29. The molecule has 2 aliphatic rings. The fraction of sp³-hybridized carbons (Fsp3) is 0.895. The van der Waals surface area contributed by atoms with Gasteiger partial charge in [0.2, 0.25) is 0 Å². The van der Waals surface area contributed by atoms with Crippen LogP contribution in [0.25, 0.3) is 0 Å². The van der Waals surface area contributed by atoms with Crippen LogP contribution < -0.4 is 5.73 Å². The molecule has 0 bridgehead atoms. The van der Waals surface area contributed by atoms with Gasteiger partial charge in [0.25, 0.3) is 0 Å². The molecule has 2 rings (SSSR count). The number of rotatable bonds is 10. The summed E-state index contributed by atoms with van der Waals surface area (Å²) in [6, 6.07) is -0.604. The zero-order chi connectivity index (χ0) is 21.9. The lowest BCUT2D eigenvalue weighted by Gasteiger charge is -2.27. The summed E-state index contributed by atoms with van der Waals surface area (Å²) in [6.45, 7) is 15.2. The molecule has 2 heterocycles. The molecule has 2 fully saturated rings. The number of phosphoric ester groups is 1. The molecule has 2 saturated heterocycles. The first-order chi connectivity index (χ1) is 13.4. The number of ether oxygens (including phenoxy) is 4. The molecule has 9 nitrogen and oxygen atoms in total. The van der Waals surface area contributed by atoms with Crippen LogP contribution in [0.4, 0.5) is 0 Å². The van der Waals surface area contributed by atoms with Gasteiger partial charge in [-0.15, -0.1) is 0 Å². The van der Waals surface area contributed by atoms with Crippen LogP contribution in [-0.4, -0.2) is 66.4 Å². The van der Waals surface area contributed by atoms with Crippen molar-refractivity contribution in [2.45, 2.75) is 103 Å². The van der Waals surface area contributed by atoms with Crippen LogP contribution in [0.3, 0.4) is 0 Å². The van der Waals surface area contributed by atoms with Crippen LogP contribution >= 0.6 is 7.82 Å². The van der Waals surface area contributed by atoms with Gasteiger partial charge in [0.15, 0.2) is 0 Å². The summed E-state index contributed by atoms with van der Waals surface area (Å²) in [5, 5.41) is 0. The van der Waals surface area contributed by atoms with Crippen LogP contribution in [0.5, 0.6) is 0 Å². The normalized spacial score (nSPS) is 37.2. The Morgan fingerprint density at radius 3 is 2.48 bits per heavy atom. The molecule has 3 N–H and O–H groups in total. The minimum atomic E-state index is -4.53. The molecule has 0 amide bonds. The third-order valence-electron chi connectivity index (χ3n) is 4.80. The van der Waals surface area contributed by atoms with Crippen LogP contribution in [0, 0.1) is 0 Å². The highest BCUT2D eigenvalue weighted by Crippen LogP contribution is 2.50. The van der Waals surface area contributed by atoms with Crippen molar-refractivity contribution in [3.05, 3.63) is 12.3 Å². The van der Waals surface area contributed by atoms with Crippen molar-refractivity contribution in [3.63, 3.8) is 0 Å². The first-order valence-corrected chi connectivity index (χ1v) is 11.6. The average Bonchev–Trinajstić information content (AvgIpc) is 3.06. The van der Waals surface area contributed by atoms with Gasteiger partial charge in [-0.25, -0.2) is 4.57 Å². The Bertz CT molecular complexity index is 601. The zero-order valence-electron chi connectivity index (χ0n) is 18.1. The Labute approximate surface area is 173 Å². The van der Waals surface area contributed by atoms with Crippen LogP contribution in [0.15, 0.2) is 12.3 Å². The molecule has 8 atom stereocenters. The third kappa shape index (κ3) is 7.01. The smallest absolute Gasteiger partial charge is 0.406 e. The molecule has 0 aromatic carbocycles. The minimum Gasteiger partial charge on any atom is -0.406 e. The summed E-state index contributed by atoms with van der Waals surface area (Å²) in [4.78, 5) is 10.3. The maximum absolute atomic E-state index is 12.7. The van der Waals surface area contributed by atoms with E-state index in [1.165, 1.54) is 0 Å². The summed E-state index contributed by atoms with van der Waals surface area (Å²) in [5.41, 5.74) is 6.11. The van der Waals surface area contributed by atoms with Gasteiger partial charge in [-0.05, 0) is 41.5 Å². The van der Waals surface area contributed by atoms with Crippen molar-refractivity contribution in [2.75, 3.05) is 6.61 Å². The fourth-order valence-electron chi connectivity index (χ4n) is 3.50. The van der Waals surface area contributed by atoms with E-state index >= 15 is 0 Å². The lowest BCUT2D eigenvalue weighted by molar-refractivity contribution is -0.0582. The van der Waals surface area contributed by atoms with Gasteiger partial charge in [0.05, 0.1) is 43.2 Å². The highest BCUT2D eigenvalue weighted by Gasteiger charge is 2.47. The second-order valence-electron chi connectivity index (χ2n) is 8.26. The maximum atomic E-state index is 12.7. The molecule has 0 aromatic heterocycles. The van der Waals surface area contributed by atoms with Gasteiger partial charge in [-0.2, -0.15) is 0 Å². The summed E-state index contributed by atoms with van der Waals surface area (Å²) >= 11 is 0. The standard InChI is InChI=1S/C19H36NO8P/c1-10(2)23-9-16-19(17(20)13(6)26-16)28-29(21,22)27-14(7)18-15(24-11(3)4)8-12(5)25-18/h10-13,15-19H,7-9,20H2,1-6H3,(H,21,22)/t12-,13-,15?,16+,17?,18+,19?/m0/s1. The van der Waals surface area contributed by atoms with Crippen molar-refractivity contribution in [2.24, 2.45) is 5.73 Å². The number of phosphoric acid groups is 1. The van der Waals surface area contributed by atoms with Gasteiger partial charge >= 0.3 is 7.82 Å². The van der Waals surface area contributed by atoms with E-state index in [1.807, 2.05) is 34.6 Å². The molecule has 0 radical (unpaired) electrons. The average molecular weight is 437 g/mol. The fourth-order valence-corrected chi connectivity index (χ4v) is 4.52. The Morgan fingerprint density at radius 1 is 1.24 bits per heavy atom. The van der Waals surface area contributed by atoms with Crippen molar-refractivity contribution in [1.82, 2.24) is 0 Å². The molecule has 0 spiro atoms. The molecule has 29 heavy (non-hydrogen) atoms. The molecule has 0 aliphatic carbocycles. The largest absolute Gasteiger partial charge is 0.527 e. The lowest BCUT2D eigenvalue weighted by Crippen LogP contribution is -2.42. The Kier molecular flexibility index (Phi) is 8.71. The maximum Gasteiger partial charge on any atom is 0.527 e. The zero-order valence-corrected chi connectivity index (χ0v) is 19.0. The quantitative estimate of drug-likeness (QED) is 0.392. The van der Waals surface area contributed by atoms with Gasteiger partial charge < -0.3 is 29.2 Å². The Balaban J connectivity index is 2.01. The first kappa shape index (κ1) is 24.8. The van der Waals surface area contributed by atoms with Gasteiger partial charge in [-0.3, -0.25) is 9.42 Å². The SMILES string of the molecule is C=C(OP(=O)(O)OC1C(N)[C@H](C)O[C@@H]1COC(C)C)[C@H]1O[C@@H](C)CC1OC(C)C. The van der Waals surface area contributed by atoms with Crippen molar-refractivity contribution in [3.8, 4) is 0 Å². The monoisotopic (exact) mass is 437 g/mol. The predicted molar refractivity (Wildman–Crippen MR) is 107 cm³/mol. The molecule has 10 heteroatoms. The minimum absolute atomic E-state index is 0.0126. The number of hydrogen-bond acceptors (Lipinski definition) is 8. The second kappa shape index (κ2) is 10.2. The molecule has 4 unspecified atom stereocenters. The molecule has 2 aliphatic heterocycles. The number of nitrogens with two attached hydrogens (primary N) is 1. The van der Waals surface area contributed by atoms with Gasteiger partial charge in [0, 0.05) is 6.42 Å². The highest BCUT2D eigenvalue weighted by molar-refractivity contribution is 7.47. The topological polar surface area (TPSA) is 119 Å². The van der Waals surface area contributed by atoms with E-state index < -0.39 is 32.2 Å². The predicted octanol–water partition coefficient (Wildman–Crippen LogP) is 2.51. The van der Waals surface area contributed by atoms with E-state index in [-0.39, 0.29) is 42.9 Å². The summed E-state index contributed by atoms with van der Waals surface area (Å²) in [5.74, 6) is -0.0126. The van der Waals surface area contributed by atoms with Gasteiger partial charge in [-0.1, -0.05) is 6.58 Å². The third-order valence-corrected chi connectivity index (χ3v) is 5.78. The van der Waals surface area contributed by atoms with Crippen molar-refractivity contribution < 1.29 is 37.5 Å². The Hall–Kier alpha value is -0.510.